The number of halogens is 1. The highest BCUT2D eigenvalue weighted by atomic mass is 79.9. The van der Waals surface area contributed by atoms with Crippen LogP contribution in [-0.2, 0) is 0 Å². The number of methoxy groups -OCH3 is 2. The topological polar surface area (TPSA) is 103 Å². The molecule has 1 amide bonds. The number of ether oxygens (including phenoxy) is 2. The lowest BCUT2D eigenvalue weighted by molar-refractivity contribution is -0.385. The van der Waals surface area contributed by atoms with Crippen molar-refractivity contribution in [1.29, 1.82) is 0 Å². The molecule has 0 spiro atoms. The Balaban J connectivity index is 2.09. The summed E-state index contributed by atoms with van der Waals surface area (Å²) in [4.78, 5) is 22.7. The van der Waals surface area contributed by atoms with E-state index in [0.29, 0.717) is 15.9 Å². The van der Waals surface area contributed by atoms with Crippen LogP contribution in [0.15, 0.2) is 40.9 Å². The Morgan fingerprint density at radius 3 is 2.38 bits per heavy atom. The number of thiocarbonyl (C=S) groups is 1. The van der Waals surface area contributed by atoms with E-state index in [2.05, 4.69) is 26.6 Å². The second kappa shape index (κ2) is 8.59. The van der Waals surface area contributed by atoms with E-state index in [1.54, 1.807) is 25.3 Å². The first-order chi connectivity index (χ1) is 12.3. The summed E-state index contributed by atoms with van der Waals surface area (Å²) in [6.45, 7) is 0. The molecule has 0 radical (unpaired) electrons. The molecule has 0 aliphatic rings. The van der Waals surface area contributed by atoms with E-state index in [0.717, 1.165) is 6.07 Å². The molecule has 0 aliphatic heterocycles. The summed E-state index contributed by atoms with van der Waals surface area (Å²) in [6.07, 6.45) is 0. The highest BCUT2D eigenvalue weighted by Crippen LogP contribution is 2.28. The Labute approximate surface area is 162 Å². The fourth-order valence-electron chi connectivity index (χ4n) is 2.06. The van der Waals surface area contributed by atoms with Crippen molar-refractivity contribution in [3.63, 3.8) is 0 Å². The zero-order chi connectivity index (χ0) is 19.3. The number of hydrogen-bond donors (Lipinski definition) is 2. The third-order valence-corrected chi connectivity index (χ3v) is 4.10. The number of rotatable bonds is 5. The molecule has 8 nitrogen and oxygen atoms in total. The monoisotopic (exact) mass is 439 g/mol. The molecule has 0 bridgehead atoms. The van der Waals surface area contributed by atoms with Crippen LogP contribution in [0.2, 0.25) is 0 Å². The maximum absolute atomic E-state index is 12.3. The number of nitrogens with one attached hydrogen (secondary N) is 2. The van der Waals surface area contributed by atoms with Gasteiger partial charge in [-0.25, -0.2) is 0 Å². The number of nitrogens with zero attached hydrogens (tertiary/aromatic N) is 1. The minimum absolute atomic E-state index is 0.0468. The number of anilines is 1. The molecule has 26 heavy (non-hydrogen) atoms. The summed E-state index contributed by atoms with van der Waals surface area (Å²) in [6, 6.07) is 9.07. The van der Waals surface area contributed by atoms with Crippen molar-refractivity contribution < 1.29 is 19.2 Å². The number of amides is 1. The Morgan fingerprint density at radius 2 is 1.81 bits per heavy atom. The number of hydrogen-bond acceptors (Lipinski definition) is 6. The van der Waals surface area contributed by atoms with Crippen LogP contribution < -0.4 is 20.1 Å². The average Bonchev–Trinajstić information content (AvgIpc) is 2.61. The van der Waals surface area contributed by atoms with Crippen molar-refractivity contribution >= 4 is 50.5 Å². The number of benzene rings is 2. The largest absolute Gasteiger partial charge is 0.496 e. The highest BCUT2D eigenvalue weighted by Gasteiger charge is 2.18. The molecule has 0 fully saturated rings. The van der Waals surface area contributed by atoms with Crippen LogP contribution in [0, 0.1) is 10.1 Å². The highest BCUT2D eigenvalue weighted by molar-refractivity contribution is 9.10. The predicted octanol–water partition coefficient (Wildman–Crippen LogP) is 3.50. The van der Waals surface area contributed by atoms with Gasteiger partial charge in [0.15, 0.2) is 10.9 Å². The molecule has 136 valence electrons. The van der Waals surface area contributed by atoms with E-state index in [1.807, 2.05) is 0 Å². The molecule has 0 saturated heterocycles. The molecule has 0 saturated carbocycles. The van der Waals surface area contributed by atoms with Gasteiger partial charge in [0.05, 0.1) is 23.6 Å². The zero-order valence-corrected chi connectivity index (χ0v) is 16.1. The Bertz CT molecular complexity index is 875. The van der Waals surface area contributed by atoms with Crippen molar-refractivity contribution in [2.75, 3.05) is 19.5 Å². The summed E-state index contributed by atoms with van der Waals surface area (Å²) in [5.74, 6) is 0.132. The maximum Gasteiger partial charge on any atom is 0.311 e. The van der Waals surface area contributed by atoms with Crippen LogP contribution in [0.4, 0.5) is 11.4 Å². The van der Waals surface area contributed by atoms with Gasteiger partial charge in [0.2, 0.25) is 0 Å². The van der Waals surface area contributed by atoms with Crippen molar-refractivity contribution in [1.82, 2.24) is 5.32 Å². The van der Waals surface area contributed by atoms with Crippen LogP contribution in [0.5, 0.6) is 11.5 Å². The van der Waals surface area contributed by atoms with Gasteiger partial charge in [-0.2, -0.15) is 0 Å². The maximum atomic E-state index is 12.3. The Kier molecular flexibility index (Phi) is 6.47. The molecule has 0 aromatic heterocycles. The van der Waals surface area contributed by atoms with Gasteiger partial charge in [0.1, 0.15) is 5.75 Å². The fraction of sp³-hybridized carbons (Fsp3) is 0.125. The normalized spacial score (nSPS) is 9.96. The molecular formula is C16H14BrN3O5S. The van der Waals surface area contributed by atoms with Gasteiger partial charge in [-0.15, -0.1) is 0 Å². The SMILES string of the molecule is COc1ccc(NC(=S)NC(=O)c2ccc(OC)c([N+](=O)[O-])c2)cc1Br. The third kappa shape index (κ3) is 4.67. The number of carbonyl (C=O) groups is 1. The van der Waals surface area contributed by atoms with Crippen molar-refractivity contribution in [3.05, 3.63) is 56.5 Å². The van der Waals surface area contributed by atoms with Gasteiger partial charge >= 0.3 is 5.69 Å². The number of carbonyl (C=O) groups excluding carboxylic acids is 1. The lowest BCUT2D eigenvalue weighted by Gasteiger charge is -2.11. The molecule has 0 heterocycles. The van der Waals surface area contributed by atoms with E-state index in [4.69, 9.17) is 21.7 Å². The van der Waals surface area contributed by atoms with Crippen LogP contribution >= 0.6 is 28.1 Å². The second-order valence-electron chi connectivity index (χ2n) is 4.90. The Morgan fingerprint density at radius 1 is 1.15 bits per heavy atom. The first-order valence-electron chi connectivity index (χ1n) is 7.14. The van der Waals surface area contributed by atoms with Gasteiger partial charge in [-0.3, -0.25) is 20.2 Å². The minimum Gasteiger partial charge on any atom is -0.496 e. The molecule has 10 heteroatoms. The van der Waals surface area contributed by atoms with Gasteiger partial charge in [0, 0.05) is 17.3 Å². The lowest BCUT2D eigenvalue weighted by atomic mass is 10.2. The molecule has 2 aromatic carbocycles. The smallest absolute Gasteiger partial charge is 0.311 e. The van der Waals surface area contributed by atoms with E-state index < -0.39 is 10.8 Å². The second-order valence-corrected chi connectivity index (χ2v) is 6.16. The molecule has 0 aliphatic carbocycles. The molecule has 0 unspecified atom stereocenters. The Hall–Kier alpha value is -2.72. The number of nitro groups is 1. The lowest BCUT2D eigenvalue weighted by Crippen LogP contribution is -2.34. The summed E-state index contributed by atoms with van der Waals surface area (Å²) in [5, 5.41) is 16.4. The van der Waals surface area contributed by atoms with Crippen molar-refractivity contribution in [3.8, 4) is 11.5 Å². The summed E-state index contributed by atoms with van der Waals surface area (Å²) >= 11 is 8.45. The standard InChI is InChI=1S/C16H14BrN3O5S/c1-24-13-6-4-10(8-11(13)17)18-16(26)19-15(21)9-3-5-14(25-2)12(7-9)20(22)23/h3-8H,1-2H3,(H2,18,19,21,26). The average molecular weight is 440 g/mol. The van der Waals surface area contributed by atoms with Gasteiger partial charge in [-0.05, 0) is 58.5 Å². The molecular weight excluding hydrogens is 426 g/mol. The van der Waals surface area contributed by atoms with Crippen LogP contribution in [0.1, 0.15) is 10.4 Å². The molecule has 2 rings (SSSR count). The predicted molar refractivity (Wildman–Crippen MR) is 104 cm³/mol. The first kappa shape index (κ1) is 19.6. The summed E-state index contributed by atoms with van der Waals surface area (Å²) < 4.78 is 10.8. The summed E-state index contributed by atoms with van der Waals surface area (Å²) in [5.41, 5.74) is 0.402. The van der Waals surface area contributed by atoms with Crippen LogP contribution in [0.25, 0.3) is 0 Å². The minimum atomic E-state index is -0.624. The van der Waals surface area contributed by atoms with Crippen molar-refractivity contribution in [2.45, 2.75) is 0 Å². The fourth-order valence-corrected chi connectivity index (χ4v) is 2.81. The molecule has 2 aromatic rings. The molecule has 0 atom stereocenters. The van der Waals surface area contributed by atoms with E-state index in [-0.39, 0.29) is 22.1 Å². The van der Waals surface area contributed by atoms with E-state index in [9.17, 15) is 14.9 Å². The van der Waals surface area contributed by atoms with Crippen LogP contribution in [-0.4, -0.2) is 30.2 Å². The zero-order valence-electron chi connectivity index (χ0n) is 13.7. The van der Waals surface area contributed by atoms with Gasteiger partial charge < -0.3 is 14.8 Å². The number of nitro benzene ring substituents is 1. The summed E-state index contributed by atoms with van der Waals surface area (Å²) in [7, 11) is 2.86. The van der Waals surface area contributed by atoms with Crippen LogP contribution in [0.3, 0.4) is 0 Å². The quantitative estimate of drug-likeness (QED) is 0.417. The van der Waals surface area contributed by atoms with Gasteiger partial charge in [0.25, 0.3) is 5.91 Å². The van der Waals surface area contributed by atoms with E-state index in [1.165, 1.54) is 19.2 Å². The van der Waals surface area contributed by atoms with E-state index >= 15 is 0 Å². The van der Waals surface area contributed by atoms with Crippen molar-refractivity contribution in [2.24, 2.45) is 0 Å². The van der Waals surface area contributed by atoms with Gasteiger partial charge in [-0.1, -0.05) is 0 Å². The first-order valence-corrected chi connectivity index (χ1v) is 8.34. The molecule has 2 N–H and O–H groups in total. The third-order valence-electron chi connectivity index (χ3n) is 3.27.